The largest absolute Gasteiger partial charge is 0.334 e. The Balaban J connectivity index is 1.82. The third-order valence-electron chi connectivity index (χ3n) is 3.20. The summed E-state index contributed by atoms with van der Waals surface area (Å²) in [5, 5.41) is 13.2. The summed E-state index contributed by atoms with van der Waals surface area (Å²) in [6.07, 6.45) is 1.28. The average Bonchev–Trinajstić information content (AvgIpc) is 2.55. The monoisotopic (exact) mass is 391 g/mol. The van der Waals surface area contributed by atoms with Crippen molar-refractivity contribution in [3.05, 3.63) is 64.3 Å². The molecule has 2 N–H and O–H groups in total. The molecule has 3 aromatic rings. The van der Waals surface area contributed by atoms with Gasteiger partial charge in [0.2, 0.25) is 5.95 Å². The van der Waals surface area contributed by atoms with Crippen LogP contribution in [-0.2, 0) is 0 Å². The Morgan fingerprint density at radius 2 is 1.79 bits per heavy atom. The molecule has 8 heteroatoms. The molecule has 0 spiro atoms. The first kappa shape index (κ1) is 16.3. The summed E-state index contributed by atoms with van der Waals surface area (Å²) in [5.74, 6) is -1.06. The van der Waals surface area contributed by atoms with E-state index in [1.807, 2.05) is 25.1 Å². The molecule has 0 aliphatic carbocycles. The molecular formula is C16H12BrF2N5. The van der Waals surface area contributed by atoms with Gasteiger partial charge >= 0.3 is 0 Å². The fraction of sp³-hybridized carbons (Fsp3) is 0.0625. The maximum atomic E-state index is 13.7. The zero-order valence-corrected chi connectivity index (χ0v) is 14.1. The van der Waals surface area contributed by atoms with E-state index in [1.54, 1.807) is 0 Å². The Hall–Kier alpha value is -2.61. The molecule has 1 aromatic heterocycles. The van der Waals surface area contributed by atoms with Crippen LogP contribution in [0, 0.1) is 18.6 Å². The van der Waals surface area contributed by atoms with Gasteiger partial charge in [-0.3, -0.25) is 0 Å². The van der Waals surface area contributed by atoms with Crippen LogP contribution in [0.5, 0.6) is 0 Å². The number of nitrogens with zero attached hydrogens (tertiary/aromatic N) is 3. The van der Waals surface area contributed by atoms with Crippen LogP contribution in [0.15, 0.2) is 47.1 Å². The van der Waals surface area contributed by atoms with E-state index in [2.05, 4.69) is 41.7 Å². The number of aromatic nitrogens is 3. The van der Waals surface area contributed by atoms with Gasteiger partial charge in [0.25, 0.3) is 0 Å². The maximum Gasteiger partial charge on any atom is 0.249 e. The van der Waals surface area contributed by atoms with Gasteiger partial charge in [0, 0.05) is 10.2 Å². The summed E-state index contributed by atoms with van der Waals surface area (Å²) in [7, 11) is 0. The highest BCUT2D eigenvalue weighted by molar-refractivity contribution is 9.10. The lowest BCUT2D eigenvalue weighted by molar-refractivity contribution is 0.590. The number of para-hydroxylation sites is 1. The molecule has 0 saturated carbocycles. The lowest BCUT2D eigenvalue weighted by Gasteiger charge is -2.09. The predicted molar refractivity (Wildman–Crippen MR) is 91.6 cm³/mol. The molecule has 1 heterocycles. The summed E-state index contributed by atoms with van der Waals surface area (Å²) in [4.78, 5) is 4.15. The molecule has 0 radical (unpaired) electrons. The van der Waals surface area contributed by atoms with Gasteiger partial charge in [0.05, 0.1) is 6.20 Å². The Bertz CT molecular complexity index is 868. The Labute approximate surface area is 145 Å². The van der Waals surface area contributed by atoms with Crippen LogP contribution in [0.3, 0.4) is 0 Å². The summed E-state index contributed by atoms with van der Waals surface area (Å²) < 4.78 is 28.3. The van der Waals surface area contributed by atoms with Crippen LogP contribution in [0.2, 0.25) is 0 Å². The quantitative estimate of drug-likeness (QED) is 0.674. The number of benzene rings is 2. The van der Waals surface area contributed by atoms with Crippen LogP contribution in [0.4, 0.5) is 31.9 Å². The molecule has 2 aromatic carbocycles. The van der Waals surface area contributed by atoms with E-state index >= 15 is 0 Å². The SMILES string of the molecule is Cc1ccc(Nc2nncc(Nc3c(F)cccc3F)n2)cc1Br. The highest BCUT2D eigenvalue weighted by Gasteiger charge is 2.10. The molecule has 0 fully saturated rings. The number of rotatable bonds is 4. The van der Waals surface area contributed by atoms with Gasteiger partial charge in [-0.2, -0.15) is 10.1 Å². The second-order valence-corrected chi connectivity index (χ2v) is 5.83. The second kappa shape index (κ2) is 6.88. The van der Waals surface area contributed by atoms with E-state index in [-0.39, 0.29) is 17.5 Å². The molecule has 0 aliphatic rings. The van der Waals surface area contributed by atoms with Gasteiger partial charge in [-0.25, -0.2) is 8.78 Å². The second-order valence-electron chi connectivity index (χ2n) is 4.98. The molecule has 0 atom stereocenters. The Morgan fingerprint density at radius 3 is 2.50 bits per heavy atom. The number of hydrogen-bond donors (Lipinski definition) is 2. The van der Waals surface area contributed by atoms with E-state index in [0.717, 1.165) is 27.9 Å². The van der Waals surface area contributed by atoms with Crippen molar-refractivity contribution in [2.24, 2.45) is 0 Å². The fourth-order valence-electron chi connectivity index (χ4n) is 1.96. The topological polar surface area (TPSA) is 62.7 Å². The lowest BCUT2D eigenvalue weighted by Crippen LogP contribution is -2.04. The highest BCUT2D eigenvalue weighted by Crippen LogP contribution is 2.24. The van der Waals surface area contributed by atoms with Crippen molar-refractivity contribution < 1.29 is 8.78 Å². The maximum absolute atomic E-state index is 13.7. The first-order chi connectivity index (χ1) is 11.5. The summed E-state index contributed by atoms with van der Waals surface area (Å²) in [6, 6.07) is 9.26. The molecule has 24 heavy (non-hydrogen) atoms. The van der Waals surface area contributed by atoms with Gasteiger partial charge in [-0.05, 0) is 36.8 Å². The number of anilines is 4. The first-order valence-electron chi connectivity index (χ1n) is 6.97. The summed E-state index contributed by atoms with van der Waals surface area (Å²) in [6.45, 7) is 1.97. The van der Waals surface area contributed by atoms with Crippen LogP contribution < -0.4 is 10.6 Å². The standard InChI is InChI=1S/C16H12BrF2N5/c1-9-5-6-10(7-11(9)17)21-16-23-14(8-20-24-16)22-15-12(18)3-2-4-13(15)19/h2-8H,1H3,(H2,21,22,23,24). The van der Waals surface area contributed by atoms with Crippen molar-refractivity contribution in [1.82, 2.24) is 15.2 Å². The number of aryl methyl sites for hydroxylation is 1. The normalized spacial score (nSPS) is 10.5. The van der Waals surface area contributed by atoms with Gasteiger partial charge in [0.15, 0.2) is 5.82 Å². The summed E-state index contributed by atoms with van der Waals surface area (Å²) >= 11 is 3.44. The third kappa shape index (κ3) is 3.65. The van der Waals surface area contributed by atoms with E-state index in [9.17, 15) is 8.78 Å². The Kier molecular flexibility index (Phi) is 4.66. The van der Waals surface area contributed by atoms with Crippen molar-refractivity contribution in [1.29, 1.82) is 0 Å². The fourth-order valence-corrected chi connectivity index (χ4v) is 2.34. The molecule has 0 unspecified atom stereocenters. The van der Waals surface area contributed by atoms with Crippen molar-refractivity contribution in [3.8, 4) is 0 Å². The number of hydrogen-bond acceptors (Lipinski definition) is 5. The number of nitrogens with one attached hydrogen (secondary N) is 2. The van der Waals surface area contributed by atoms with Crippen LogP contribution >= 0.6 is 15.9 Å². The van der Waals surface area contributed by atoms with Gasteiger partial charge < -0.3 is 10.6 Å². The molecule has 5 nitrogen and oxygen atoms in total. The molecule has 0 aliphatic heterocycles. The minimum atomic E-state index is -0.717. The average molecular weight is 392 g/mol. The highest BCUT2D eigenvalue weighted by atomic mass is 79.9. The van der Waals surface area contributed by atoms with Crippen LogP contribution in [0.25, 0.3) is 0 Å². The molecule has 3 rings (SSSR count). The van der Waals surface area contributed by atoms with Crippen molar-refractivity contribution in [2.75, 3.05) is 10.6 Å². The minimum Gasteiger partial charge on any atom is -0.334 e. The van der Waals surface area contributed by atoms with Gasteiger partial charge in [0.1, 0.15) is 17.3 Å². The Morgan fingerprint density at radius 1 is 1.04 bits per heavy atom. The van der Waals surface area contributed by atoms with Crippen LogP contribution in [0.1, 0.15) is 5.56 Å². The molecule has 0 saturated heterocycles. The summed E-state index contributed by atoms with van der Waals surface area (Å²) in [5.41, 5.74) is 1.55. The predicted octanol–water partition coefficient (Wildman–Crippen LogP) is 4.71. The van der Waals surface area contributed by atoms with Gasteiger partial charge in [-0.15, -0.1) is 5.10 Å². The molecular weight excluding hydrogens is 380 g/mol. The van der Waals surface area contributed by atoms with E-state index < -0.39 is 11.6 Å². The smallest absolute Gasteiger partial charge is 0.249 e. The van der Waals surface area contributed by atoms with Crippen molar-refractivity contribution in [3.63, 3.8) is 0 Å². The minimum absolute atomic E-state index is 0.169. The van der Waals surface area contributed by atoms with E-state index in [0.29, 0.717) is 0 Å². The zero-order chi connectivity index (χ0) is 17.1. The van der Waals surface area contributed by atoms with E-state index in [4.69, 9.17) is 0 Å². The third-order valence-corrected chi connectivity index (χ3v) is 4.06. The number of halogens is 3. The van der Waals surface area contributed by atoms with Crippen LogP contribution in [-0.4, -0.2) is 15.2 Å². The first-order valence-corrected chi connectivity index (χ1v) is 7.76. The van der Waals surface area contributed by atoms with Crippen molar-refractivity contribution in [2.45, 2.75) is 6.92 Å². The lowest BCUT2D eigenvalue weighted by atomic mass is 10.2. The van der Waals surface area contributed by atoms with Gasteiger partial charge in [-0.1, -0.05) is 28.1 Å². The van der Waals surface area contributed by atoms with Crippen molar-refractivity contribution >= 4 is 39.1 Å². The zero-order valence-electron chi connectivity index (χ0n) is 12.5. The molecule has 122 valence electrons. The van der Waals surface area contributed by atoms with E-state index in [1.165, 1.54) is 12.3 Å². The molecule has 0 bridgehead atoms. The molecule has 0 amide bonds.